The van der Waals surface area contributed by atoms with Crippen molar-refractivity contribution in [3.63, 3.8) is 0 Å². The van der Waals surface area contributed by atoms with Crippen LogP contribution in [0, 0.1) is 6.92 Å². The lowest BCUT2D eigenvalue weighted by atomic mass is 10.2. The molecule has 0 aliphatic heterocycles. The summed E-state index contributed by atoms with van der Waals surface area (Å²) in [5.74, 6) is -0.442. The predicted molar refractivity (Wildman–Crippen MR) is 204 cm³/mol. The third-order valence-electron chi connectivity index (χ3n) is 6.97. The molecule has 0 bridgehead atoms. The Bertz CT molecular complexity index is 1980. The zero-order valence-corrected chi connectivity index (χ0v) is 34.1. The van der Waals surface area contributed by atoms with E-state index >= 15 is 0 Å². The Morgan fingerprint density at radius 2 is 1.42 bits per heavy atom. The molecule has 0 saturated heterocycles. The normalized spacial score (nSPS) is 12.6. The molecule has 3 rings (SSSR count). The van der Waals surface area contributed by atoms with Crippen molar-refractivity contribution < 1.29 is 49.7 Å². The standard InChI is InChI=1S/C37H51N5O11S2/c1-9-20-41(21-18-28-15-12-13-19-39-28)54(45,46)31-16-10-11-17-32(31)55(47,48)53-30-25-27(2)24-29(26-30)49-22-14-23-50-40-33(38)42(34(43)51-36(3,4)5)35(44)52-37(6,7)8/h10-13,15-17,19,24-26H,9,14,18,20-23H2,1-8H3,(H2,38,40). The number of hydrogen-bond donors (Lipinski definition) is 1. The van der Waals surface area contributed by atoms with Gasteiger partial charge in [0.15, 0.2) is 0 Å². The molecular weight excluding hydrogens is 755 g/mol. The highest BCUT2D eigenvalue weighted by atomic mass is 32.2. The maximum atomic E-state index is 13.9. The third kappa shape index (κ3) is 14.0. The van der Waals surface area contributed by atoms with E-state index in [1.54, 1.807) is 72.9 Å². The Hall–Kier alpha value is -4.94. The fourth-order valence-electron chi connectivity index (χ4n) is 4.76. The molecule has 0 aliphatic carbocycles. The number of nitrogens with zero attached hydrogens (tertiary/aromatic N) is 4. The smallest absolute Gasteiger partial charge is 0.427 e. The van der Waals surface area contributed by atoms with Gasteiger partial charge in [-0.25, -0.2) is 18.0 Å². The first-order valence-electron chi connectivity index (χ1n) is 17.5. The maximum Gasteiger partial charge on any atom is 0.427 e. The van der Waals surface area contributed by atoms with Gasteiger partial charge in [0.25, 0.3) is 5.96 Å². The number of hydrogen-bond acceptors (Lipinski definition) is 13. The molecule has 2 aromatic carbocycles. The van der Waals surface area contributed by atoms with Crippen molar-refractivity contribution >= 4 is 38.3 Å². The van der Waals surface area contributed by atoms with E-state index in [2.05, 4.69) is 10.1 Å². The summed E-state index contributed by atoms with van der Waals surface area (Å²) in [4.78, 5) is 34.4. The summed E-state index contributed by atoms with van der Waals surface area (Å²) in [6.45, 7) is 13.5. The number of carbonyl (C=O) groups excluding carboxylic acids is 2. The lowest BCUT2D eigenvalue weighted by Crippen LogP contribution is -2.50. The first-order chi connectivity index (χ1) is 25.6. The second kappa shape index (κ2) is 19.1. The summed E-state index contributed by atoms with van der Waals surface area (Å²) in [6.07, 6.45) is 0.512. The van der Waals surface area contributed by atoms with E-state index in [9.17, 15) is 26.4 Å². The van der Waals surface area contributed by atoms with Gasteiger partial charge in [-0.15, -0.1) is 4.90 Å². The minimum Gasteiger partial charge on any atom is -0.493 e. The van der Waals surface area contributed by atoms with Gasteiger partial charge in [0.05, 0.1) is 6.61 Å². The molecule has 0 fully saturated rings. The van der Waals surface area contributed by atoms with Crippen LogP contribution in [0.2, 0.25) is 0 Å². The van der Waals surface area contributed by atoms with Gasteiger partial charge in [0.1, 0.15) is 39.1 Å². The van der Waals surface area contributed by atoms with Crippen LogP contribution in [0.5, 0.6) is 11.5 Å². The SMILES string of the molecule is CCCN(CCc1ccccn1)S(=O)(=O)c1ccccc1S(=O)(=O)Oc1cc(C)cc(OCCCON=C(N)N(C(=O)OC(C)(C)C)C(=O)OC(C)(C)C)c1. The molecule has 1 aromatic heterocycles. The van der Waals surface area contributed by atoms with Crippen LogP contribution >= 0.6 is 0 Å². The summed E-state index contributed by atoms with van der Waals surface area (Å²) in [5, 5.41) is 3.67. The van der Waals surface area contributed by atoms with Crippen LogP contribution in [0.15, 0.2) is 81.8 Å². The summed E-state index contributed by atoms with van der Waals surface area (Å²) in [5.41, 5.74) is 5.32. The van der Waals surface area contributed by atoms with Crippen molar-refractivity contribution in [1.82, 2.24) is 14.2 Å². The molecule has 0 spiro atoms. The van der Waals surface area contributed by atoms with Gasteiger partial charge in [-0.1, -0.05) is 25.1 Å². The number of sulfonamides is 1. The highest BCUT2D eigenvalue weighted by Gasteiger charge is 2.35. The molecule has 2 N–H and O–H groups in total. The number of guanidine groups is 1. The molecule has 302 valence electrons. The van der Waals surface area contributed by atoms with E-state index in [1.807, 2.05) is 13.0 Å². The minimum absolute atomic E-state index is 0.0527. The Kier molecular flexibility index (Phi) is 15.4. The number of pyridine rings is 1. The zero-order chi connectivity index (χ0) is 41.0. The first kappa shape index (κ1) is 44.5. The summed E-state index contributed by atoms with van der Waals surface area (Å²) in [6, 6.07) is 15.2. The molecule has 55 heavy (non-hydrogen) atoms. The average molecular weight is 806 g/mol. The van der Waals surface area contributed by atoms with Gasteiger partial charge >= 0.3 is 22.3 Å². The Labute approximate surface area is 323 Å². The molecule has 16 nitrogen and oxygen atoms in total. The summed E-state index contributed by atoms with van der Waals surface area (Å²) in [7, 11) is -8.91. The van der Waals surface area contributed by atoms with Crippen LogP contribution < -0.4 is 14.7 Å². The highest BCUT2D eigenvalue weighted by molar-refractivity contribution is 7.91. The number of amides is 2. The van der Waals surface area contributed by atoms with Crippen LogP contribution in [0.1, 0.15) is 72.6 Å². The van der Waals surface area contributed by atoms with Gasteiger partial charge in [-0.3, -0.25) is 4.98 Å². The molecule has 0 unspecified atom stereocenters. The molecule has 0 saturated carbocycles. The topological polar surface area (TPSA) is 206 Å². The third-order valence-corrected chi connectivity index (χ3v) is 10.4. The summed E-state index contributed by atoms with van der Waals surface area (Å²) >= 11 is 0. The van der Waals surface area contributed by atoms with E-state index < -0.39 is 59.3 Å². The number of oxime groups is 1. The van der Waals surface area contributed by atoms with Crippen molar-refractivity contribution in [2.45, 2.75) is 95.6 Å². The molecular formula is C37H51N5O11S2. The number of rotatable bonds is 16. The van der Waals surface area contributed by atoms with E-state index in [4.69, 9.17) is 29.0 Å². The van der Waals surface area contributed by atoms with Gasteiger partial charge in [0.2, 0.25) is 10.0 Å². The number of carbonyl (C=O) groups is 2. The lowest BCUT2D eigenvalue weighted by Gasteiger charge is -2.27. The van der Waals surface area contributed by atoms with Gasteiger partial charge in [-0.05, 0) is 102 Å². The van der Waals surface area contributed by atoms with Gasteiger partial charge in [0, 0.05) is 43.9 Å². The second-order valence-corrected chi connectivity index (χ2v) is 17.6. The molecule has 2 amide bonds. The monoisotopic (exact) mass is 805 g/mol. The molecule has 18 heteroatoms. The quantitative estimate of drug-likeness (QED) is 0.0581. The van der Waals surface area contributed by atoms with Crippen LogP contribution in [-0.4, -0.2) is 86.7 Å². The van der Waals surface area contributed by atoms with Crippen molar-refractivity contribution in [3.8, 4) is 11.5 Å². The minimum atomic E-state index is -4.65. The molecule has 1 heterocycles. The highest BCUT2D eigenvalue weighted by Crippen LogP contribution is 2.30. The molecule has 0 atom stereocenters. The van der Waals surface area contributed by atoms with Gasteiger partial charge in [-0.2, -0.15) is 12.7 Å². The molecule has 0 aliphatic rings. The van der Waals surface area contributed by atoms with Crippen molar-refractivity contribution in [3.05, 3.63) is 78.1 Å². The number of aryl methyl sites for hydroxylation is 1. The number of ether oxygens (including phenoxy) is 3. The Morgan fingerprint density at radius 1 is 0.818 bits per heavy atom. The number of aromatic nitrogens is 1. The van der Waals surface area contributed by atoms with E-state index in [-0.39, 0.29) is 44.2 Å². The van der Waals surface area contributed by atoms with E-state index in [0.717, 1.165) is 0 Å². The Balaban J connectivity index is 1.69. The average Bonchev–Trinajstić information content (AvgIpc) is 3.06. The largest absolute Gasteiger partial charge is 0.493 e. The Morgan fingerprint density at radius 3 is 2.00 bits per heavy atom. The van der Waals surface area contributed by atoms with Crippen molar-refractivity contribution in [2.24, 2.45) is 10.9 Å². The second-order valence-electron chi connectivity index (χ2n) is 14.2. The first-order valence-corrected chi connectivity index (χ1v) is 20.4. The fourth-order valence-corrected chi connectivity index (χ4v) is 7.98. The number of nitrogens with two attached hydrogens (primary N) is 1. The van der Waals surface area contributed by atoms with Crippen LogP contribution in [0.25, 0.3) is 0 Å². The number of benzene rings is 2. The lowest BCUT2D eigenvalue weighted by molar-refractivity contribution is 0.0132. The zero-order valence-electron chi connectivity index (χ0n) is 32.5. The predicted octanol–water partition coefficient (Wildman–Crippen LogP) is 5.99. The van der Waals surface area contributed by atoms with E-state index in [0.29, 0.717) is 29.0 Å². The summed E-state index contributed by atoms with van der Waals surface area (Å²) < 4.78 is 78.1. The number of imide groups is 1. The van der Waals surface area contributed by atoms with Gasteiger partial charge < -0.3 is 29.0 Å². The van der Waals surface area contributed by atoms with E-state index in [1.165, 1.54) is 40.7 Å². The van der Waals surface area contributed by atoms with Crippen LogP contribution in [0.3, 0.4) is 0 Å². The van der Waals surface area contributed by atoms with Crippen LogP contribution in [-0.2, 0) is 40.9 Å². The fraction of sp³-hybridized carbons (Fsp3) is 0.459. The van der Waals surface area contributed by atoms with Crippen molar-refractivity contribution in [2.75, 3.05) is 26.3 Å². The van der Waals surface area contributed by atoms with Crippen LogP contribution in [0.4, 0.5) is 9.59 Å². The van der Waals surface area contributed by atoms with Crippen molar-refractivity contribution in [1.29, 1.82) is 0 Å². The maximum absolute atomic E-state index is 13.9. The molecule has 0 radical (unpaired) electrons. The molecule has 3 aromatic rings.